The minimum Gasteiger partial charge on any atom is -0.390 e. The van der Waals surface area contributed by atoms with E-state index in [4.69, 9.17) is 18.9 Å². The zero-order valence-corrected chi connectivity index (χ0v) is 27.0. The quantitative estimate of drug-likeness (QED) is 0.0597. The van der Waals surface area contributed by atoms with Gasteiger partial charge in [0.1, 0.15) is 12.2 Å². The molecule has 0 spiro atoms. The van der Waals surface area contributed by atoms with Gasteiger partial charge in [-0.25, -0.2) is 0 Å². The number of hydrogen-bond acceptors (Lipinski definition) is 13. The third kappa shape index (κ3) is 15.4. The molecule has 0 radical (unpaired) electrons. The van der Waals surface area contributed by atoms with Crippen molar-refractivity contribution in [2.45, 2.75) is 102 Å². The second kappa shape index (κ2) is 21.4. The van der Waals surface area contributed by atoms with Crippen LogP contribution in [-0.2, 0) is 38.1 Å². The van der Waals surface area contributed by atoms with E-state index in [9.17, 15) is 39.6 Å². The molecule has 17 nitrogen and oxygen atoms in total. The number of rotatable bonds is 20. The van der Waals surface area contributed by atoms with Gasteiger partial charge in [-0.1, -0.05) is 6.42 Å². The van der Waals surface area contributed by atoms with Crippen molar-refractivity contribution < 1.29 is 58.6 Å². The molecule has 266 valence electrons. The smallest absolute Gasteiger partial charge is 0.234 e. The second-order valence-corrected chi connectivity index (χ2v) is 11.6. The maximum absolute atomic E-state index is 12.7. The number of ether oxygens (including phenoxy) is 4. The second-order valence-electron chi connectivity index (χ2n) is 11.6. The number of aliphatic hydroxyl groups is 4. The molecule has 2 aliphatic rings. The summed E-state index contributed by atoms with van der Waals surface area (Å²) in [4.78, 5) is 50.6. The fraction of sp³-hybridized carbons (Fsp3) is 0.862. The number of carbonyl (C=O) groups excluding carboxylic acids is 4. The van der Waals surface area contributed by atoms with Gasteiger partial charge in [-0.2, -0.15) is 0 Å². The summed E-state index contributed by atoms with van der Waals surface area (Å²) in [5.74, 6) is -1.38. The van der Waals surface area contributed by atoms with E-state index in [1.54, 1.807) is 20.9 Å². The highest BCUT2D eigenvalue weighted by atomic mass is 16.7. The van der Waals surface area contributed by atoms with Gasteiger partial charge < -0.3 is 60.6 Å². The number of nitrogens with zero attached hydrogens (tertiary/aromatic N) is 1. The number of unbranched alkanes of at least 4 members (excludes halogenated alkanes) is 2. The van der Waals surface area contributed by atoms with Crippen LogP contribution in [0, 0.1) is 0 Å². The fourth-order valence-corrected chi connectivity index (χ4v) is 4.94. The topological polar surface area (TPSA) is 237 Å². The Morgan fingerprint density at radius 2 is 1.11 bits per heavy atom. The summed E-state index contributed by atoms with van der Waals surface area (Å²) >= 11 is 0. The van der Waals surface area contributed by atoms with Crippen molar-refractivity contribution in [2.75, 3.05) is 59.5 Å². The van der Waals surface area contributed by atoms with Crippen molar-refractivity contribution in [2.24, 2.45) is 0 Å². The molecule has 2 heterocycles. The van der Waals surface area contributed by atoms with Gasteiger partial charge in [-0.05, 0) is 26.7 Å². The van der Waals surface area contributed by atoms with Gasteiger partial charge in [0.25, 0.3) is 0 Å². The monoisotopic (exact) mass is 663 g/mol. The Hall–Kier alpha value is -2.48. The van der Waals surface area contributed by atoms with E-state index < -0.39 is 48.8 Å². The lowest BCUT2D eigenvalue weighted by molar-refractivity contribution is -0.262. The normalized spacial score (nSPS) is 28.0. The Balaban J connectivity index is 1.79. The molecule has 17 heteroatoms. The number of amides is 4. The van der Waals surface area contributed by atoms with Crippen LogP contribution in [0.1, 0.15) is 52.4 Å². The summed E-state index contributed by atoms with van der Waals surface area (Å²) in [6.45, 7) is 3.16. The average Bonchev–Trinajstić information content (AvgIpc) is 2.99. The Bertz CT molecular complexity index is 894. The van der Waals surface area contributed by atoms with Gasteiger partial charge in [0.2, 0.25) is 23.6 Å². The number of aliphatic hydroxyl groups excluding tert-OH is 4. The van der Waals surface area contributed by atoms with Gasteiger partial charge in [0.05, 0.1) is 57.3 Å². The Kier molecular flexibility index (Phi) is 18.5. The summed E-state index contributed by atoms with van der Waals surface area (Å²) < 4.78 is 21.9. The number of nitrogens with one attached hydrogen (secondary N) is 4. The van der Waals surface area contributed by atoms with Crippen molar-refractivity contribution in [3.05, 3.63) is 0 Å². The van der Waals surface area contributed by atoms with E-state index >= 15 is 0 Å². The van der Waals surface area contributed by atoms with Crippen LogP contribution in [0.5, 0.6) is 0 Å². The lowest BCUT2D eigenvalue weighted by atomic mass is 10.0. The van der Waals surface area contributed by atoms with Gasteiger partial charge in [0.15, 0.2) is 12.6 Å². The number of carbonyl (C=O) groups is 4. The molecule has 0 aromatic heterocycles. The van der Waals surface area contributed by atoms with Gasteiger partial charge in [-0.15, -0.1) is 0 Å². The Labute approximate surface area is 269 Å². The summed E-state index contributed by atoms with van der Waals surface area (Å²) in [6.07, 6.45) is -4.00. The van der Waals surface area contributed by atoms with E-state index in [1.807, 2.05) is 0 Å². The molecule has 0 bridgehead atoms. The molecule has 0 aromatic rings. The highest BCUT2D eigenvalue weighted by Crippen LogP contribution is 2.21. The molecule has 2 rings (SSSR count). The maximum atomic E-state index is 12.7. The van der Waals surface area contributed by atoms with Crippen LogP contribution in [0.25, 0.3) is 0 Å². The van der Waals surface area contributed by atoms with E-state index in [-0.39, 0.29) is 82.8 Å². The van der Waals surface area contributed by atoms with Crippen LogP contribution in [0.15, 0.2) is 0 Å². The fourth-order valence-electron chi connectivity index (χ4n) is 4.94. The van der Waals surface area contributed by atoms with Crippen LogP contribution in [-0.4, -0.2) is 158 Å². The highest BCUT2D eigenvalue weighted by molar-refractivity contribution is 5.84. The van der Waals surface area contributed by atoms with Crippen molar-refractivity contribution >= 4 is 23.6 Å². The first-order valence-electron chi connectivity index (χ1n) is 15.9. The first-order valence-corrected chi connectivity index (χ1v) is 15.9. The minimum atomic E-state index is -1.21. The molecule has 0 aromatic carbocycles. The van der Waals surface area contributed by atoms with Crippen molar-refractivity contribution in [3.63, 3.8) is 0 Å². The summed E-state index contributed by atoms with van der Waals surface area (Å²) in [5, 5.41) is 50.5. The molecular weight excluding hydrogens is 610 g/mol. The van der Waals surface area contributed by atoms with E-state index in [0.29, 0.717) is 25.8 Å². The molecule has 4 amide bonds. The molecule has 0 aliphatic carbocycles. The van der Waals surface area contributed by atoms with Crippen molar-refractivity contribution in [3.8, 4) is 0 Å². The molecule has 0 saturated carbocycles. The van der Waals surface area contributed by atoms with Gasteiger partial charge in [-0.3, -0.25) is 24.1 Å². The Morgan fingerprint density at radius 3 is 1.54 bits per heavy atom. The molecule has 8 atom stereocenters. The van der Waals surface area contributed by atoms with E-state index in [0.717, 1.165) is 6.42 Å². The molecule has 8 N–H and O–H groups in total. The third-order valence-corrected chi connectivity index (χ3v) is 7.42. The lowest BCUT2D eigenvalue weighted by Gasteiger charge is -2.35. The molecule has 2 saturated heterocycles. The first kappa shape index (κ1) is 39.7. The van der Waals surface area contributed by atoms with Crippen LogP contribution in [0.2, 0.25) is 0 Å². The molecule has 2 aliphatic heterocycles. The molecule has 46 heavy (non-hydrogen) atoms. The van der Waals surface area contributed by atoms with Crippen LogP contribution in [0.4, 0.5) is 0 Å². The van der Waals surface area contributed by atoms with E-state index in [2.05, 4.69) is 21.3 Å². The maximum Gasteiger partial charge on any atom is 0.234 e. The van der Waals surface area contributed by atoms with Crippen molar-refractivity contribution in [1.29, 1.82) is 0 Å². The summed E-state index contributed by atoms with van der Waals surface area (Å²) in [7, 11) is 1.57. The van der Waals surface area contributed by atoms with Crippen molar-refractivity contribution in [1.82, 2.24) is 26.2 Å². The molecule has 2 fully saturated rings. The van der Waals surface area contributed by atoms with Gasteiger partial charge in [0, 0.05) is 45.9 Å². The largest absolute Gasteiger partial charge is 0.390 e. The molecular formula is C29H53N5O12. The lowest BCUT2D eigenvalue weighted by Crippen LogP contribution is -2.50. The number of hydrogen-bond donors (Lipinski definition) is 8. The van der Waals surface area contributed by atoms with E-state index in [1.165, 1.54) is 4.90 Å². The summed E-state index contributed by atoms with van der Waals surface area (Å²) in [5.41, 5.74) is 0. The zero-order chi connectivity index (χ0) is 34.1. The van der Waals surface area contributed by atoms with Crippen LogP contribution >= 0.6 is 0 Å². The summed E-state index contributed by atoms with van der Waals surface area (Å²) in [6, 6.07) is 0. The Morgan fingerprint density at radius 1 is 0.674 bits per heavy atom. The average molecular weight is 664 g/mol. The highest BCUT2D eigenvalue weighted by Gasteiger charge is 2.36. The predicted molar refractivity (Wildman–Crippen MR) is 162 cm³/mol. The third-order valence-electron chi connectivity index (χ3n) is 7.42. The first-order chi connectivity index (χ1) is 21.9. The SMILES string of the molecule is CNC(=O)CCCCCNC(=O)CN(CC(=O)NCCO[C@@H]1O[C@@H](C)C[C@@H](O)[C@@H]1O)CC(=O)NCCO[C@@H]1O[C@@H](C)C[C@@H](O)[C@@H]1O. The van der Waals surface area contributed by atoms with Crippen LogP contribution in [0.3, 0.4) is 0 Å². The predicted octanol–water partition coefficient (Wildman–Crippen LogP) is -3.31. The minimum absolute atomic E-state index is 0.0109. The molecule has 0 unspecified atom stereocenters. The standard InChI is InChI=1S/C29H53N5O12/c1-18-13-20(35)26(41)28(45-18)43-11-9-32-24(39)16-34(15-23(38)31-8-6-4-5-7-22(37)30-3)17-25(40)33-10-12-44-29-27(42)21(36)14-19(2)46-29/h18-21,26-29,35-36,41-42H,4-17H2,1-3H3,(H,30,37)(H,31,38)(H,32,39)(H,33,40)/t18-,19-,20+,21+,26-,27-,28+,29+/m0/s1. The van der Waals surface area contributed by atoms with Gasteiger partial charge >= 0.3 is 0 Å². The van der Waals surface area contributed by atoms with Crippen LogP contribution < -0.4 is 21.3 Å². The zero-order valence-electron chi connectivity index (χ0n) is 27.0.